The molecule has 108 valence electrons. The number of rotatable bonds is 4. The summed E-state index contributed by atoms with van der Waals surface area (Å²) in [5.41, 5.74) is 2.47. The third-order valence-electron chi connectivity index (χ3n) is 2.92. The molecule has 1 aliphatic rings. The minimum Gasteiger partial charge on any atom is -0.300 e. The molecule has 2 heterocycles. The molecule has 3 N–H and O–H groups in total. The Kier molecular flexibility index (Phi) is 4.61. The minimum absolute atomic E-state index is 0.445. The Morgan fingerprint density at radius 2 is 1.89 bits per heavy atom. The van der Waals surface area contributed by atoms with Gasteiger partial charge in [0.25, 0.3) is 0 Å². The van der Waals surface area contributed by atoms with E-state index in [-0.39, 0.29) is 0 Å². The van der Waals surface area contributed by atoms with Crippen LogP contribution in [-0.2, 0) is 6.54 Å². The summed E-state index contributed by atoms with van der Waals surface area (Å²) in [7, 11) is 0. The lowest BCUT2D eigenvalue weighted by Gasteiger charge is -2.34. The van der Waals surface area contributed by atoms with E-state index in [1.807, 2.05) is 0 Å². The van der Waals surface area contributed by atoms with E-state index in [0.717, 1.165) is 4.88 Å². The van der Waals surface area contributed by atoms with E-state index in [0.29, 0.717) is 37.9 Å². The summed E-state index contributed by atoms with van der Waals surface area (Å²) in [6, 6.07) is 0. The maximum Gasteiger partial charge on any atom is 0.401 e. The van der Waals surface area contributed by atoms with Crippen LogP contribution in [0.3, 0.4) is 0 Å². The summed E-state index contributed by atoms with van der Waals surface area (Å²) in [6.07, 6.45) is -2.37. The molecule has 1 saturated heterocycles. The van der Waals surface area contributed by atoms with Crippen molar-refractivity contribution in [1.29, 1.82) is 0 Å². The molecule has 1 aromatic heterocycles. The van der Waals surface area contributed by atoms with Gasteiger partial charge in [-0.25, -0.2) is 10.8 Å². The highest BCUT2D eigenvalue weighted by Crippen LogP contribution is 2.21. The first kappa shape index (κ1) is 14.5. The number of hydrogen-bond donors (Lipinski definition) is 2. The van der Waals surface area contributed by atoms with E-state index in [1.54, 1.807) is 6.20 Å². The lowest BCUT2D eigenvalue weighted by atomic mass is 10.3. The highest BCUT2D eigenvalue weighted by Gasteiger charge is 2.32. The Balaban J connectivity index is 1.77. The molecule has 0 spiro atoms. The predicted molar refractivity (Wildman–Crippen MR) is 67.7 cm³/mol. The first-order valence-electron chi connectivity index (χ1n) is 5.89. The predicted octanol–water partition coefficient (Wildman–Crippen LogP) is 1.11. The van der Waals surface area contributed by atoms with E-state index in [1.165, 1.54) is 16.2 Å². The lowest BCUT2D eigenvalue weighted by molar-refractivity contribution is -0.149. The van der Waals surface area contributed by atoms with Crippen LogP contribution < -0.4 is 11.3 Å². The molecule has 0 radical (unpaired) electrons. The number of anilines is 1. The Bertz CT molecular complexity index is 400. The maximum absolute atomic E-state index is 12.2. The molecule has 0 saturated carbocycles. The van der Waals surface area contributed by atoms with E-state index in [2.05, 4.69) is 15.3 Å². The minimum atomic E-state index is -4.11. The molecule has 19 heavy (non-hydrogen) atoms. The quantitative estimate of drug-likeness (QED) is 0.644. The van der Waals surface area contributed by atoms with E-state index < -0.39 is 12.7 Å². The van der Waals surface area contributed by atoms with Crippen molar-refractivity contribution in [1.82, 2.24) is 14.8 Å². The van der Waals surface area contributed by atoms with E-state index in [9.17, 15) is 13.2 Å². The second-order valence-electron chi connectivity index (χ2n) is 4.44. The summed E-state index contributed by atoms with van der Waals surface area (Å²) in [5, 5.41) is 0.644. The van der Waals surface area contributed by atoms with Crippen molar-refractivity contribution in [3.05, 3.63) is 11.1 Å². The van der Waals surface area contributed by atoms with Crippen molar-refractivity contribution in [3.63, 3.8) is 0 Å². The van der Waals surface area contributed by atoms with E-state index in [4.69, 9.17) is 5.84 Å². The zero-order valence-electron chi connectivity index (χ0n) is 10.3. The van der Waals surface area contributed by atoms with Gasteiger partial charge >= 0.3 is 6.18 Å². The van der Waals surface area contributed by atoms with Crippen LogP contribution in [0.4, 0.5) is 18.3 Å². The van der Waals surface area contributed by atoms with Crippen LogP contribution >= 0.6 is 11.3 Å². The van der Waals surface area contributed by atoms with Gasteiger partial charge in [0, 0.05) is 43.8 Å². The second-order valence-corrected chi connectivity index (χ2v) is 5.56. The van der Waals surface area contributed by atoms with Gasteiger partial charge in [0.2, 0.25) is 0 Å². The Hall–Kier alpha value is -0.900. The van der Waals surface area contributed by atoms with Crippen molar-refractivity contribution < 1.29 is 13.2 Å². The molecule has 1 fully saturated rings. The van der Waals surface area contributed by atoms with Crippen LogP contribution in [0.5, 0.6) is 0 Å². The number of halogens is 3. The highest BCUT2D eigenvalue weighted by atomic mass is 32.1. The van der Waals surface area contributed by atoms with Crippen LogP contribution in [0.1, 0.15) is 4.88 Å². The molecular weight excluding hydrogens is 279 g/mol. The number of hydrogen-bond acceptors (Lipinski definition) is 6. The lowest BCUT2D eigenvalue weighted by Crippen LogP contribution is -2.48. The van der Waals surface area contributed by atoms with Gasteiger partial charge in [0.15, 0.2) is 5.13 Å². The van der Waals surface area contributed by atoms with Crippen molar-refractivity contribution in [2.75, 3.05) is 38.1 Å². The molecule has 1 aromatic rings. The molecule has 0 bridgehead atoms. The molecule has 0 amide bonds. The summed E-state index contributed by atoms with van der Waals surface area (Å²) >= 11 is 1.45. The summed E-state index contributed by atoms with van der Waals surface area (Å²) in [5.74, 6) is 5.24. The number of nitrogens with two attached hydrogens (primary N) is 1. The van der Waals surface area contributed by atoms with Gasteiger partial charge in [0.1, 0.15) is 0 Å². The standard InChI is InChI=1S/C10H16F3N5S/c11-10(12,13)7-18-3-1-17(2-4-18)6-8-5-15-9(16-14)19-8/h5H,1-4,6-7,14H2,(H,15,16). The van der Waals surface area contributed by atoms with Gasteiger partial charge in [-0.05, 0) is 0 Å². The SMILES string of the molecule is NNc1ncc(CN2CCN(CC(F)(F)F)CC2)s1. The molecule has 2 rings (SSSR count). The molecule has 1 aliphatic heterocycles. The van der Waals surface area contributed by atoms with Crippen molar-refractivity contribution in [3.8, 4) is 0 Å². The average Bonchev–Trinajstić information content (AvgIpc) is 2.77. The maximum atomic E-state index is 12.2. The zero-order valence-corrected chi connectivity index (χ0v) is 11.1. The number of nitrogens with zero attached hydrogens (tertiary/aromatic N) is 3. The molecule has 0 unspecified atom stereocenters. The second kappa shape index (κ2) is 6.04. The van der Waals surface area contributed by atoms with Crippen molar-refractivity contribution in [2.45, 2.75) is 12.7 Å². The Morgan fingerprint density at radius 3 is 2.42 bits per heavy atom. The summed E-state index contributed by atoms with van der Waals surface area (Å²) in [6.45, 7) is 2.06. The van der Waals surface area contributed by atoms with Crippen LogP contribution in [0.2, 0.25) is 0 Å². The monoisotopic (exact) mass is 295 g/mol. The Labute approximate surface area is 113 Å². The fourth-order valence-corrected chi connectivity index (χ4v) is 2.79. The van der Waals surface area contributed by atoms with Gasteiger partial charge < -0.3 is 0 Å². The van der Waals surface area contributed by atoms with Crippen LogP contribution in [0, 0.1) is 0 Å². The van der Waals surface area contributed by atoms with Gasteiger partial charge in [0.05, 0.1) is 6.54 Å². The first-order chi connectivity index (χ1) is 8.96. The normalized spacial score (nSPS) is 18.7. The fraction of sp³-hybridized carbons (Fsp3) is 0.700. The third-order valence-corrected chi connectivity index (χ3v) is 3.84. The smallest absolute Gasteiger partial charge is 0.300 e. The highest BCUT2D eigenvalue weighted by molar-refractivity contribution is 7.15. The van der Waals surface area contributed by atoms with Gasteiger partial charge in [-0.1, -0.05) is 11.3 Å². The number of aromatic nitrogens is 1. The molecule has 0 aliphatic carbocycles. The summed E-state index contributed by atoms with van der Waals surface area (Å²) < 4.78 is 36.7. The molecule has 9 heteroatoms. The zero-order chi connectivity index (χ0) is 13.9. The fourth-order valence-electron chi connectivity index (χ4n) is 2.03. The van der Waals surface area contributed by atoms with Crippen LogP contribution in [0.15, 0.2) is 6.20 Å². The van der Waals surface area contributed by atoms with Crippen LogP contribution in [0.25, 0.3) is 0 Å². The van der Waals surface area contributed by atoms with Gasteiger partial charge in [-0.3, -0.25) is 15.2 Å². The van der Waals surface area contributed by atoms with Gasteiger partial charge in [-0.2, -0.15) is 13.2 Å². The molecule has 5 nitrogen and oxygen atoms in total. The number of nitrogens with one attached hydrogen (secondary N) is 1. The molecule has 0 atom stereocenters. The average molecular weight is 295 g/mol. The van der Waals surface area contributed by atoms with Crippen molar-refractivity contribution >= 4 is 16.5 Å². The number of alkyl halides is 3. The number of nitrogen functional groups attached to an aromatic ring is 1. The number of piperazine rings is 1. The Morgan fingerprint density at radius 1 is 1.26 bits per heavy atom. The first-order valence-corrected chi connectivity index (χ1v) is 6.71. The topological polar surface area (TPSA) is 57.4 Å². The van der Waals surface area contributed by atoms with Crippen molar-refractivity contribution in [2.24, 2.45) is 5.84 Å². The van der Waals surface area contributed by atoms with Crippen LogP contribution in [-0.4, -0.2) is 53.7 Å². The number of hydrazine groups is 1. The largest absolute Gasteiger partial charge is 0.401 e. The number of thiazole rings is 1. The summed E-state index contributed by atoms with van der Waals surface area (Å²) in [4.78, 5) is 8.68. The van der Waals surface area contributed by atoms with Gasteiger partial charge in [-0.15, -0.1) is 0 Å². The molecule has 0 aromatic carbocycles. The third kappa shape index (κ3) is 4.60. The molecular formula is C10H16F3N5S. The van der Waals surface area contributed by atoms with E-state index >= 15 is 0 Å².